The van der Waals surface area contributed by atoms with E-state index in [0.29, 0.717) is 12.1 Å². The second kappa shape index (κ2) is 6.84. The zero-order valence-corrected chi connectivity index (χ0v) is 12.7. The molecule has 0 fully saturated rings. The summed E-state index contributed by atoms with van der Waals surface area (Å²) in [7, 11) is 0. The van der Waals surface area contributed by atoms with Crippen LogP contribution in [0.15, 0.2) is 24.3 Å². The number of rotatable bonds is 6. The summed E-state index contributed by atoms with van der Waals surface area (Å²) in [6.07, 6.45) is 0.253. The highest BCUT2D eigenvalue weighted by Crippen LogP contribution is 2.23. The van der Waals surface area contributed by atoms with Gasteiger partial charge in [-0.15, -0.1) is 0 Å². The lowest BCUT2D eigenvalue weighted by molar-refractivity contribution is -0.123. The van der Waals surface area contributed by atoms with Crippen LogP contribution in [0.4, 0.5) is 4.39 Å². The van der Waals surface area contributed by atoms with E-state index >= 15 is 0 Å². The summed E-state index contributed by atoms with van der Waals surface area (Å²) in [5, 5.41) is 2.98. The van der Waals surface area contributed by atoms with Gasteiger partial charge in [0.25, 0.3) is 0 Å². The molecule has 0 radical (unpaired) electrons. The van der Waals surface area contributed by atoms with Crippen LogP contribution in [-0.4, -0.2) is 18.0 Å². The third-order valence-corrected chi connectivity index (χ3v) is 4.05. The number of carbonyl (C=O) groups excluding carboxylic acids is 1. The van der Waals surface area contributed by atoms with Crippen molar-refractivity contribution >= 4 is 5.91 Å². The fourth-order valence-electron chi connectivity index (χ4n) is 2.06. The Labute approximate surface area is 120 Å². The molecule has 0 saturated carbocycles. The van der Waals surface area contributed by atoms with Crippen molar-refractivity contribution in [3.63, 3.8) is 0 Å². The first-order valence-corrected chi connectivity index (χ1v) is 7.05. The highest BCUT2D eigenvalue weighted by atomic mass is 19.1. The van der Waals surface area contributed by atoms with E-state index in [9.17, 15) is 9.18 Å². The molecule has 112 valence electrons. The molecule has 2 unspecified atom stereocenters. The molecule has 0 aromatic heterocycles. The lowest BCUT2D eigenvalue weighted by Gasteiger charge is -2.34. The van der Waals surface area contributed by atoms with E-state index in [0.717, 1.165) is 0 Å². The third-order valence-electron chi connectivity index (χ3n) is 4.05. The molecule has 1 amide bonds. The minimum atomic E-state index is -0.425. The van der Waals surface area contributed by atoms with Gasteiger partial charge in [-0.3, -0.25) is 4.79 Å². The van der Waals surface area contributed by atoms with Gasteiger partial charge in [0.2, 0.25) is 5.91 Å². The van der Waals surface area contributed by atoms with E-state index in [-0.39, 0.29) is 30.0 Å². The Kier molecular flexibility index (Phi) is 5.69. The van der Waals surface area contributed by atoms with Crippen LogP contribution in [0, 0.1) is 11.7 Å². The summed E-state index contributed by atoms with van der Waals surface area (Å²) >= 11 is 0. The topological polar surface area (TPSA) is 55.1 Å². The number of carbonyl (C=O) groups is 1. The molecule has 0 aliphatic rings. The zero-order valence-electron chi connectivity index (χ0n) is 12.7. The Balaban J connectivity index is 2.70. The molecule has 20 heavy (non-hydrogen) atoms. The van der Waals surface area contributed by atoms with Crippen LogP contribution in [0.2, 0.25) is 0 Å². The Morgan fingerprint density at radius 1 is 1.35 bits per heavy atom. The van der Waals surface area contributed by atoms with Crippen LogP contribution in [0.25, 0.3) is 0 Å². The van der Waals surface area contributed by atoms with Crippen molar-refractivity contribution in [2.45, 2.75) is 45.6 Å². The minimum Gasteiger partial charge on any atom is -0.349 e. The van der Waals surface area contributed by atoms with Gasteiger partial charge in [0.05, 0.1) is 5.54 Å². The van der Waals surface area contributed by atoms with E-state index in [1.165, 1.54) is 6.07 Å². The number of hydrogen-bond acceptors (Lipinski definition) is 2. The first kappa shape index (κ1) is 16.6. The Hall–Kier alpha value is -1.42. The van der Waals surface area contributed by atoms with Crippen molar-refractivity contribution in [1.29, 1.82) is 0 Å². The van der Waals surface area contributed by atoms with E-state index in [4.69, 9.17) is 5.73 Å². The van der Waals surface area contributed by atoms with Crippen molar-refractivity contribution in [2.75, 3.05) is 6.54 Å². The first-order valence-electron chi connectivity index (χ1n) is 7.05. The monoisotopic (exact) mass is 280 g/mol. The van der Waals surface area contributed by atoms with Gasteiger partial charge in [-0.05, 0) is 30.4 Å². The number of nitrogens with one attached hydrogen (secondary N) is 1. The summed E-state index contributed by atoms with van der Waals surface area (Å²) in [6, 6.07) is 6.57. The lowest BCUT2D eigenvalue weighted by atomic mass is 9.87. The summed E-state index contributed by atoms with van der Waals surface area (Å²) in [6.45, 7) is 8.21. The molecule has 2 atom stereocenters. The molecule has 0 aliphatic carbocycles. The summed E-state index contributed by atoms with van der Waals surface area (Å²) < 4.78 is 13.7. The molecule has 0 aliphatic heterocycles. The standard InChI is InChI=1S/C16H25FN2O/c1-11(2)16(4,10-18)19-15(20)9-12(3)13-7-5-6-8-14(13)17/h5-8,11-12H,9-10,18H2,1-4H3,(H,19,20). The SMILES string of the molecule is CC(CC(=O)NC(C)(CN)C(C)C)c1ccccc1F. The van der Waals surface area contributed by atoms with Gasteiger partial charge in [-0.2, -0.15) is 0 Å². The van der Waals surface area contributed by atoms with E-state index < -0.39 is 5.54 Å². The molecule has 0 heterocycles. The Morgan fingerprint density at radius 3 is 2.45 bits per heavy atom. The second-order valence-corrected chi connectivity index (χ2v) is 5.95. The average molecular weight is 280 g/mol. The molecule has 1 aromatic rings. The van der Waals surface area contributed by atoms with Crippen LogP contribution in [0.3, 0.4) is 0 Å². The molecule has 3 nitrogen and oxygen atoms in total. The summed E-state index contributed by atoms with van der Waals surface area (Å²) in [4.78, 5) is 12.1. The van der Waals surface area contributed by atoms with Crippen LogP contribution < -0.4 is 11.1 Å². The fourth-order valence-corrected chi connectivity index (χ4v) is 2.06. The van der Waals surface area contributed by atoms with Gasteiger partial charge in [0, 0.05) is 13.0 Å². The quantitative estimate of drug-likeness (QED) is 0.842. The lowest BCUT2D eigenvalue weighted by Crippen LogP contribution is -2.55. The van der Waals surface area contributed by atoms with Crippen molar-refractivity contribution in [3.8, 4) is 0 Å². The van der Waals surface area contributed by atoms with Gasteiger partial charge >= 0.3 is 0 Å². The maximum Gasteiger partial charge on any atom is 0.221 e. The number of amides is 1. The number of benzene rings is 1. The molecule has 4 heteroatoms. The average Bonchev–Trinajstić information content (AvgIpc) is 2.38. The molecule has 0 spiro atoms. The molecular weight excluding hydrogens is 255 g/mol. The molecular formula is C16H25FN2O. The molecule has 1 aromatic carbocycles. The van der Waals surface area contributed by atoms with Crippen LogP contribution in [0.1, 0.15) is 45.6 Å². The van der Waals surface area contributed by atoms with Crippen molar-refractivity contribution in [3.05, 3.63) is 35.6 Å². The van der Waals surface area contributed by atoms with E-state index in [1.807, 2.05) is 27.7 Å². The maximum atomic E-state index is 13.7. The van der Waals surface area contributed by atoms with Gasteiger partial charge in [0.15, 0.2) is 0 Å². The van der Waals surface area contributed by atoms with Gasteiger partial charge in [-0.1, -0.05) is 39.0 Å². The Bertz CT molecular complexity index is 462. The number of nitrogens with two attached hydrogens (primary N) is 1. The number of halogens is 1. The summed E-state index contributed by atoms with van der Waals surface area (Å²) in [5.74, 6) is -0.286. The molecule has 0 saturated heterocycles. The van der Waals surface area contributed by atoms with Crippen LogP contribution in [0.5, 0.6) is 0 Å². The van der Waals surface area contributed by atoms with Crippen molar-refractivity contribution in [1.82, 2.24) is 5.32 Å². The smallest absolute Gasteiger partial charge is 0.221 e. The van der Waals surface area contributed by atoms with Crippen LogP contribution in [-0.2, 0) is 4.79 Å². The fraction of sp³-hybridized carbons (Fsp3) is 0.562. The molecule has 3 N–H and O–H groups in total. The van der Waals surface area contributed by atoms with Crippen molar-refractivity contribution < 1.29 is 9.18 Å². The van der Waals surface area contributed by atoms with E-state index in [1.54, 1.807) is 18.2 Å². The predicted molar refractivity (Wildman–Crippen MR) is 79.9 cm³/mol. The zero-order chi connectivity index (χ0) is 15.3. The molecule has 0 bridgehead atoms. The predicted octanol–water partition coefficient (Wildman–Crippen LogP) is 2.81. The normalized spacial score (nSPS) is 15.8. The molecule has 1 rings (SSSR count). The van der Waals surface area contributed by atoms with E-state index in [2.05, 4.69) is 5.32 Å². The van der Waals surface area contributed by atoms with Gasteiger partial charge in [0.1, 0.15) is 5.82 Å². The highest BCUT2D eigenvalue weighted by molar-refractivity contribution is 5.77. The first-order chi connectivity index (χ1) is 9.30. The third kappa shape index (κ3) is 4.04. The second-order valence-electron chi connectivity index (χ2n) is 5.95. The number of hydrogen-bond donors (Lipinski definition) is 2. The highest BCUT2D eigenvalue weighted by Gasteiger charge is 2.29. The van der Waals surface area contributed by atoms with Crippen molar-refractivity contribution in [2.24, 2.45) is 11.7 Å². The largest absolute Gasteiger partial charge is 0.349 e. The summed E-state index contributed by atoms with van der Waals surface area (Å²) in [5.41, 5.74) is 5.89. The van der Waals surface area contributed by atoms with Gasteiger partial charge in [-0.25, -0.2) is 4.39 Å². The van der Waals surface area contributed by atoms with Gasteiger partial charge < -0.3 is 11.1 Å². The van der Waals surface area contributed by atoms with Crippen LogP contribution >= 0.6 is 0 Å². The minimum absolute atomic E-state index is 0.0950. The maximum absolute atomic E-state index is 13.7. The Morgan fingerprint density at radius 2 is 1.95 bits per heavy atom.